The lowest BCUT2D eigenvalue weighted by Gasteiger charge is -2.29. The van der Waals surface area contributed by atoms with Crippen LogP contribution in [0.3, 0.4) is 0 Å². The minimum absolute atomic E-state index is 0.172. The maximum atomic E-state index is 12.7. The van der Waals surface area contributed by atoms with E-state index < -0.39 is 5.79 Å². The van der Waals surface area contributed by atoms with Gasteiger partial charge >= 0.3 is 0 Å². The van der Waals surface area contributed by atoms with Crippen molar-refractivity contribution in [3.8, 4) is 0 Å². The van der Waals surface area contributed by atoms with E-state index in [-0.39, 0.29) is 5.91 Å². The Bertz CT molecular complexity index is 556. The van der Waals surface area contributed by atoms with Crippen molar-refractivity contribution in [2.45, 2.75) is 64.6 Å². The third-order valence-electron chi connectivity index (χ3n) is 5.01. The Hall–Kier alpha value is -1.59. The molecule has 0 aliphatic carbocycles. The number of hydrogen-bond donors (Lipinski definition) is 1. The number of nitrogen functional groups attached to an aromatic ring is 1. The van der Waals surface area contributed by atoms with E-state index in [0.717, 1.165) is 25.1 Å². The van der Waals surface area contributed by atoms with Crippen LogP contribution in [0.2, 0.25) is 0 Å². The first kappa shape index (κ1) is 20.7. The fourth-order valence-corrected chi connectivity index (χ4v) is 3.48. The zero-order valence-corrected chi connectivity index (χ0v) is 16.3. The summed E-state index contributed by atoms with van der Waals surface area (Å²) in [7, 11) is 0. The average molecular weight is 363 g/mol. The summed E-state index contributed by atoms with van der Waals surface area (Å²) in [5.41, 5.74) is 7.48. The van der Waals surface area contributed by atoms with Gasteiger partial charge in [0.25, 0.3) is 0 Å². The molecule has 1 aliphatic rings. The molecule has 1 aromatic rings. The third kappa shape index (κ3) is 5.71. The third-order valence-corrected chi connectivity index (χ3v) is 5.01. The molecule has 2 rings (SSSR count). The number of rotatable bonds is 11. The van der Waals surface area contributed by atoms with E-state index in [9.17, 15) is 4.79 Å². The monoisotopic (exact) mass is 362 g/mol. The molecule has 0 atom stereocenters. The summed E-state index contributed by atoms with van der Waals surface area (Å²) in [5.74, 6) is -0.670. The number of nitrogens with zero attached hydrogens (tertiary/aromatic N) is 1. The smallest absolute Gasteiger partial charge is 0.222 e. The number of hydrogen-bond acceptors (Lipinski definition) is 4. The summed E-state index contributed by atoms with van der Waals surface area (Å²) in [6, 6.07) is 7.57. The zero-order chi connectivity index (χ0) is 18.8. The summed E-state index contributed by atoms with van der Waals surface area (Å²) in [6.07, 6.45) is 6.96. The van der Waals surface area contributed by atoms with E-state index in [0.29, 0.717) is 31.7 Å². The number of carbonyl (C=O) groups is 1. The number of amides is 1. The largest absolute Gasteiger partial charge is 0.399 e. The van der Waals surface area contributed by atoms with Crippen molar-refractivity contribution in [1.29, 1.82) is 0 Å². The maximum absolute atomic E-state index is 12.7. The second kappa shape index (κ2) is 10.5. The molecule has 5 heteroatoms. The van der Waals surface area contributed by atoms with Crippen molar-refractivity contribution >= 4 is 11.6 Å². The fourth-order valence-electron chi connectivity index (χ4n) is 3.48. The van der Waals surface area contributed by atoms with Gasteiger partial charge in [0.15, 0.2) is 5.79 Å². The summed E-state index contributed by atoms with van der Waals surface area (Å²) in [4.78, 5) is 14.6. The first-order valence-corrected chi connectivity index (χ1v) is 10.0. The normalized spacial score (nSPS) is 15.9. The Balaban J connectivity index is 1.90. The van der Waals surface area contributed by atoms with Gasteiger partial charge in [-0.1, -0.05) is 44.7 Å². The highest BCUT2D eigenvalue weighted by atomic mass is 16.7. The molecule has 26 heavy (non-hydrogen) atoms. The van der Waals surface area contributed by atoms with E-state index in [4.69, 9.17) is 15.2 Å². The van der Waals surface area contributed by atoms with Gasteiger partial charge in [0.1, 0.15) is 0 Å². The lowest BCUT2D eigenvalue weighted by atomic mass is 9.99. The summed E-state index contributed by atoms with van der Waals surface area (Å²) in [6.45, 7) is 6.92. The van der Waals surface area contributed by atoms with Gasteiger partial charge in [-0.3, -0.25) is 4.79 Å². The molecule has 1 aromatic carbocycles. The van der Waals surface area contributed by atoms with Gasteiger partial charge in [-0.2, -0.15) is 0 Å². The fraction of sp³-hybridized carbons (Fsp3) is 0.667. The topological polar surface area (TPSA) is 64.8 Å². The molecule has 1 heterocycles. The van der Waals surface area contributed by atoms with Crippen molar-refractivity contribution in [1.82, 2.24) is 4.90 Å². The minimum Gasteiger partial charge on any atom is -0.399 e. The van der Waals surface area contributed by atoms with E-state index in [1.807, 2.05) is 36.1 Å². The highest BCUT2D eigenvalue weighted by Gasteiger charge is 2.39. The quantitative estimate of drug-likeness (QED) is 0.476. The number of nitrogens with two attached hydrogens (primary N) is 1. The maximum Gasteiger partial charge on any atom is 0.222 e. The number of carbonyl (C=O) groups excluding carboxylic acids is 1. The van der Waals surface area contributed by atoms with Gasteiger partial charge in [-0.25, -0.2) is 0 Å². The summed E-state index contributed by atoms with van der Waals surface area (Å²) >= 11 is 0. The van der Waals surface area contributed by atoms with Gasteiger partial charge in [0, 0.05) is 37.2 Å². The molecule has 0 saturated carbocycles. The van der Waals surface area contributed by atoms with Crippen LogP contribution in [0, 0.1) is 0 Å². The summed E-state index contributed by atoms with van der Waals surface area (Å²) < 4.78 is 11.8. The van der Waals surface area contributed by atoms with E-state index in [1.54, 1.807) is 0 Å². The first-order chi connectivity index (χ1) is 12.6. The minimum atomic E-state index is -0.842. The molecule has 1 saturated heterocycles. The van der Waals surface area contributed by atoms with Crippen molar-refractivity contribution in [2.24, 2.45) is 0 Å². The molecule has 146 valence electrons. The van der Waals surface area contributed by atoms with Crippen molar-refractivity contribution in [3.05, 3.63) is 29.8 Å². The van der Waals surface area contributed by atoms with Crippen LogP contribution in [0.25, 0.3) is 0 Å². The second-order valence-electron chi connectivity index (χ2n) is 6.96. The Kier molecular flexibility index (Phi) is 8.39. The Morgan fingerprint density at radius 1 is 1.15 bits per heavy atom. The first-order valence-electron chi connectivity index (χ1n) is 10.0. The molecule has 5 nitrogen and oxygen atoms in total. The molecule has 0 spiro atoms. The van der Waals surface area contributed by atoms with Crippen molar-refractivity contribution in [3.63, 3.8) is 0 Å². The van der Waals surface area contributed by atoms with Crippen LogP contribution < -0.4 is 5.73 Å². The van der Waals surface area contributed by atoms with Crippen LogP contribution in [-0.4, -0.2) is 37.1 Å². The summed E-state index contributed by atoms with van der Waals surface area (Å²) in [5, 5.41) is 0. The molecule has 2 N–H and O–H groups in total. The molecule has 0 bridgehead atoms. The lowest BCUT2D eigenvalue weighted by Crippen LogP contribution is -2.35. The molecule has 1 aliphatic heterocycles. The van der Waals surface area contributed by atoms with E-state index >= 15 is 0 Å². The van der Waals surface area contributed by atoms with Crippen molar-refractivity contribution in [2.75, 3.05) is 32.0 Å². The van der Waals surface area contributed by atoms with Crippen LogP contribution in [0.5, 0.6) is 0 Å². The molecule has 1 amide bonds. The number of ether oxygens (including phenoxy) is 2. The lowest BCUT2D eigenvalue weighted by molar-refractivity contribution is -0.174. The standard InChI is InChI=1S/C21H34N2O3/c1-3-5-6-7-8-14-23(4-2)20(24)12-13-21(25-15-16-26-21)18-10-9-11-19(22)17-18/h9-11,17H,3-8,12-16,22H2,1-2H3. The highest BCUT2D eigenvalue weighted by Crippen LogP contribution is 2.36. The van der Waals surface area contributed by atoms with Gasteiger partial charge in [0.2, 0.25) is 5.91 Å². The molecular weight excluding hydrogens is 328 g/mol. The van der Waals surface area contributed by atoms with Crippen LogP contribution in [0.4, 0.5) is 5.69 Å². The van der Waals surface area contributed by atoms with Crippen molar-refractivity contribution < 1.29 is 14.3 Å². The SMILES string of the molecule is CCCCCCCN(CC)C(=O)CCC1(c2cccc(N)c2)OCCO1. The second-order valence-corrected chi connectivity index (χ2v) is 6.96. The number of unbranched alkanes of at least 4 members (excludes halogenated alkanes) is 4. The predicted octanol–water partition coefficient (Wildman–Crippen LogP) is 4.07. The zero-order valence-electron chi connectivity index (χ0n) is 16.3. The highest BCUT2D eigenvalue weighted by molar-refractivity contribution is 5.76. The molecule has 0 unspecified atom stereocenters. The number of benzene rings is 1. The van der Waals surface area contributed by atoms with E-state index in [1.165, 1.54) is 25.7 Å². The predicted molar refractivity (Wildman–Crippen MR) is 105 cm³/mol. The molecule has 0 aromatic heterocycles. The van der Waals surface area contributed by atoms with Gasteiger partial charge < -0.3 is 20.1 Å². The average Bonchev–Trinajstić information content (AvgIpc) is 3.13. The molecule has 1 fully saturated rings. The van der Waals surface area contributed by atoms with E-state index in [2.05, 4.69) is 6.92 Å². The molecule has 0 radical (unpaired) electrons. The van der Waals surface area contributed by atoms with Crippen LogP contribution >= 0.6 is 0 Å². The van der Waals surface area contributed by atoms with Crippen LogP contribution in [-0.2, 0) is 20.1 Å². The molecular formula is C21H34N2O3. The van der Waals surface area contributed by atoms with Crippen LogP contribution in [0.1, 0.15) is 64.4 Å². The van der Waals surface area contributed by atoms with Gasteiger partial charge in [0.05, 0.1) is 13.2 Å². The Morgan fingerprint density at radius 2 is 1.88 bits per heavy atom. The Morgan fingerprint density at radius 3 is 2.54 bits per heavy atom. The van der Waals surface area contributed by atoms with Gasteiger partial charge in [-0.15, -0.1) is 0 Å². The van der Waals surface area contributed by atoms with Crippen LogP contribution in [0.15, 0.2) is 24.3 Å². The van der Waals surface area contributed by atoms with Gasteiger partial charge in [-0.05, 0) is 25.5 Å². The Labute approximate surface area is 157 Å². The number of anilines is 1.